The lowest BCUT2D eigenvalue weighted by Crippen LogP contribution is -2.01. The molecule has 104 valence electrons. The van der Waals surface area contributed by atoms with Gasteiger partial charge in [0.1, 0.15) is 11.3 Å². The fraction of sp³-hybridized carbons (Fsp3) is 0.0833. The normalized spacial score (nSPS) is 10.1. The molecular weight excluding hydrogens is 288 g/mol. The van der Waals surface area contributed by atoms with E-state index in [9.17, 15) is 9.59 Å². The zero-order chi connectivity index (χ0) is 14.7. The van der Waals surface area contributed by atoms with Crippen LogP contribution in [0.15, 0.2) is 24.3 Å². The lowest BCUT2D eigenvalue weighted by Gasteiger charge is -2.07. The average Bonchev–Trinajstić information content (AvgIpc) is 2.86. The van der Waals surface area contributed by atoms with E-state index in [4.69, 9.17) is 21.4 Å². The van der Waals surface area contributed by atoms with Gasteiger partial charge in [0.05, 0.1) is 12.1 Å². The van der Waals surface area contributed by atoms with Gasteiger partial charge in [0.25, 0.3) is 0 Å². The maximum Gasteiger partial charge on any atom is 0.358 e. The summed E-state index contributed by atoms with van der Waals surface area (Å²) in [6, 6.07) is 5.71. The summed E-state index contributed by atoms with van der Waals surface area (Å²) < 4.78 is 9.82. The fourth-order valence-corrected chi connectivity index (χ4v) is 1.73. The number of hydrogen-bond donors (Lipinski definition) is 2. The summed E-state index contributed by atoms with van der Waals surface area (Å²) >= 11 is 5.81. The van der Waals surface area contributed by atoms with Crippen LogP contribution < -0.4 is 4.74 Å². The van der Waals surface area contributed by atoms with Gasteiger partial charge >= 0.3 is 11.9 Å². The van der Waals surface area contributed by atoms with Crippen LogP contribution in [0, 0.1) is 0 Å². The van der Waals surface area contributed by atoms with Gasteiger partial charge in [-0.3, -0.25) is 0 Å². The first-order valence-corrected chi connectivity index (χ1v) is 5.74. The number of nitrogens with zero attached hydrogens (tertiary/aromatic N) is 1. The summed E-state index contributed by atoms with van der Waals surface area (Å²) in [5, 5.41) is 15.3. The number of ether oxygens (including phenoxy) is 2. The van der Waals surface area contributed by atoms with Crippen LogP contribution in [0.1, 0.15) is 20.8 Å². The first-order valence-electron chi connectivity index (χ1n) is 5.36. The largest absolute Gasteiger partial charge is 0.478 e. The molecule has 0 amide bonds. The number of carbonyl (C=O) groups is 2. The van der Waals surface area contributed by atoms with Gasteiger partial charge in [0.15, 0.2) is 5.69 Å². The standard InChI is InChI=1S/C12H9ClN2O5/c1-19-12(18)7-5-9(15-14-7)20-8-4-2-3-6(13)10(8)11(16)17/h2-5H,1H3,(H,14,15)(H,16,17). The minimum absolute atomic E-state index is 0.0152. The Morgan fingerprint density at radius 3 is 2.80 bits per heavy atom. The Bertz CT molecular complexity index is 668. The van der Waals surface area contributed by atoms with Crippen molar-refractivity contribution in [3.63, 3.8) is 0 Å². The molecule has 8 heteroatoms. The van der Waals surface area contributed by atoms with E-state index in [1.165, 1.54) is 25.3 Å². The molecule has 2 rings (SSSR count). The lowest BCUT2D eigenvalue weighted by atomic mass is 10.2. The van der Waals surface area contributed by atoms with Crippen molar-refractivity contribution < 1.29 is 24.2 Å². The topological polar surface area (TPSA) is 102 Å². The van der Waals surface area contributed by atoms with Crippen LogP contribution in [0.5, 0.6) is 11.6 Å². The number of benzene rings is 1. The van der Waals surface area contributed by atoms with E-state index < -0.39 is 11.9 Å². The number of rotatable bonds is 4. The second-order valence-corrected chi connectivity index (χ2v) is 4.04. The number of nitrogens with one attached hydrogen (secondary N) is 1. The van der Waals surface area contributed by atoms with Gasteiger partial charge in [-0.15, -0.1) is 0 Å². The van der Waals surface area contributed by atoms with E-state index in [0.717, 1.165) is 0 Å². The predicted octanol–water partition coefficient (Wildman–Crippen LogP) is 2.34. The van der Waals surface area contributed by atoms with E-state index in [-0.39, 0.29) is 27.9 Å². The van der Waals surface area contributed by atoms with E-state index in [2.05, 4.69) is 14.9 Å². The summed E-state index contributed by atoms with van der Waals surface area (Å²) in [5.41, 5.74) is -0.162. The van der Waals surface area contributed by atoms with Gasteiger partial charge in [-0.2, -0.15) is 5.10 Å². The molecule has 20 heavy (non-hydrogen) atoms. The Balaban J connectivity index is 2.31. The number of H-pyrrole nitrogens is 1. The molecule has 1 aromatic heterocycles. The molecule has 2 aromatic rings. The van der Waals surface area contributed by atoms with Gasteiger partial charge < -0.3 is 14.6 Å². The quantitative estimate of drug-likeness (QED) is 0.840. The summed E-state index contributed by atoms with van der Waals surface area (Å²) in [5.74, 6) is -1.74. The van der Waals surface area contributed by atoms with E-state index >= 15 is 0 Å². The number of carboxylic acids is 1. The van der Waals surface area contributed by atoms with Crippen LogP contribution in [-0.4, -0.2) is 34.4 Å². The molecule has 0 aliphatic rings. The van der Waals surface area contributed by atoms with Crippen LogP contribution in [0.3, 0.4) is 0 Å². The highest BCUT2D eigenvalue weighted by Crippen LogP contribution is 2.29. The van der Waals surface area contributed by atoms with E-state index in [0.29, 0.717) is 0 Å². The predicted molar refractivity (Wildman–Crippen MR) is 68.4 cm³/mol. The monoisotopic (exact) mass is 296 g/mol. The number of carboxylic acid groups (broad SMARTS) is 1. The van der Waals surface area contributed by atoms with Crippen LogP contribution in [0.2, 0.25) is 5.02 Å². The van der Waals surface area contributed by atoms with Crippen LogP contribution >= 0.6 is 11.6 Å². The van der Waals surface area contributed by atoms with Crippen molar-refractivity contribution in [2.45, 2.75) is 0 Å². The minimum atomic E-state index is -1.22. The Kier molecular flexibility index (Phi) is 3.90. The SMILES string of the molecule is COC(=O)c1cc(Oc2cccc(Cl)c2C(=O)O)[nH]n1. The second-order valence-electron chi connectivity index (χ2n) is 3.63. The third-order valence-corrected chi connectivity index (χ3v) is 2.67. The lowest BCUT2D eigenvalue weighted by molar-refractivity contribution is 0.0593. The highest BCUT2D eigenvalue weighted by Gasteiger charge is 2.18. The highest BCUT2D eigenvalue weighted by molar-refractivity contribution is 6.33. The van der Waals surface area contributed by atoms with E-state index in [1.807, 2.05) is 0 Å². The van der Waals surface area contributed by atoms with Crippen molar-refractivity contribution in [2.75, 3.05) is 7.11 Å². The molecule has 0 aliphatic carbocycles. The highest BCUT2D eigenvalue weighted by atomic mass is 35.5. The Morgan fingerprint density at radius 2 is 2.15 bits per heavy atom. The van der Waals surface area contributed by atoms with Crippen molar-refractivity contribution in [2.24, 2.45) is 0 Å². The molecule has 0 saturated heterocycles. The van der Waals surface area contributed by atoms with Crippen LogP contribution in [0.4, 0.5) is 0 Å². The molecule has 0 unspecified atom stereocenters. The van der Waals surface area contributed by atoms with Gasteiger partial charge in [-0.1, -0.05) is 17.7 Å². The van der Waals surface area contributed by atoms with Gasteiger partial charge in [-0.05, 0) is 12.1 Å². The molecule has 0 radical (unpaired) electrons. The Morgan fingerprint density at radius 1 is 1.40 bits per heavy atom. The summed E-state index contributed by atoms with van der Waals surface area (Å²) in [4.78, 5) is 22.4. The molecule has 0 aliphatic heterocycles. The number of carbonyl (C=O) groups excluding carboxylic acids is 1. The molecule has 0 atom stereocenters. The molecule has 0 bridgehead atoms. The van der Waals surface area contributed by atoms with Crippen molar-refractivity contribution in [3.05, 3.63) is 40.5 Å². The van der Waals surface area contributed by atoms with Crippen molar-refractivity contribution >= 4 is 23.5 Å². The molecule has 2 N–H and O–H groups in total. The summed E-state index contributed by atoms with van der Waals surface area (Å²) in [7, 11) is 1.22. The number of hydrogen-bond acceptors (Lipinski definition) is 5. The van der Waals surface area contributed by atoms with Gasteiger partial charge in [-0.25, -0.2) is 14.7 Å². The van der Waals surface area contributed by atoms with Crippen molar-refractivity contribution in [1.29, 1.82) is 0 Å². The van der Waals surface area contributed by atoms with E-state index in [1.54, 1.807) is 6.07 Å². The molecule has 7 nitrogen and oxygen atoms in total. The Labute approximate surface area is 118 Å². The first kappa shape index (κ1) is 13.9. The minimum Gasteiger partial charge on any atom is -0.478 e. The zero-order valence-corrected chi connectivity index (χ0v) is 11.0. The number of halogens is 1. The second kappa shape index (κ2) is 5.62. The molecule has 0 spiro atoms. The number of esters is 1. The van der Waals surface area contributed by atoms with Crippen LogP contribution in [0.25, 0.3) is 0 Å². The summed E-state index contributed by atoms with van der Waals surface area (Å²) in [6.45, 7) is 0. The van der Waals surface area contributed by atoms with Crippen LogP contribution in [-0.2, 0) is 4.74 Å². The fourth-order valence-electron chi connectivity index (χ4n) is 1.48. The zero-order valence-electron chi connectivity index (χ0n) is 10.2. The van der Waals surface area contributed by atoms with Crippen molar-refractivity contribution in [1.82, 2.24) is 10.2 Å². The first-order chi connectivity index (χ1) is 9.52. The molecule has 0 fully saturated rings. The number of aromatic nitrogens is 2. The van der Waals surface area contributed by atoms with Gasteiger partial charge in [0.2, 0.25) is 5.88 Å². The maximum atomic E-state index is 11.2. The molecule has 1 aromatic carbocycles. The number of aromatic carboxylic acids is 1. The number of aromatic amines is 1. The maximum absolute atomic E-state index is 11.2. The smallest absolute Gasteiger partial charge is 0.358 e. The molecule has 0 saturated carbocycles. The molecular formula is C12H9ClN2O5. The third-order valence-electron chi connectivity index (χ3n) is 2.36. The Hall–Kier alpha value is -2.54. The number of methoxy groups -OCH3 is 1. The third kappa shape index (κ3) is 2.72. The van der Waals surface area contributed by atoms with Crippen molar-refractivity contribution in [3.8, 4) is 11.6 Å². The molecule has 1 heterocycles. The average molecular weight is 297 g/mol. The summed E-state index contributed by atoms with van der Waals surface area (Å²) in [6.07, 6.45) is 0. The van der Waals surface area contributed by atoms with Gasteiger partial charge in [0, 0.05) is 6.07 Å².